The van der Waals surface area contributed by atoms with E-state index in [0.29, 0.717) is 24.3 Å². The molecule has 3 aromatic carbocycles. The first-order chi connectivity index (χ1) is 21.3. The first-order valence-corrected chi connectivity index (χ1v) is 13.5. The number of carboxylic acids is 1. The van der Waals surface area contributed by atoms with Gasteiger partial charge in [-0.1, -0.05) is 42.5 Å². The fraction of sp³-hybridized carbons (Fsp3) is 0.188. The van der Waals surface area contributed by atoms with Gasteiger partial charge in [0.1, 0.15) is 40.9 Å². The van der Waals surface area contributed by atoms with E-state index < -0.39 is 36.0 Å². The highest BCUT2D eigenvalue weighted by Gasteiger charge is 2.25. The molecule has 0 radical (unpaired) electrons. The Morgan fingerprint density at radius 3 is 2.34 bits per heavy atom. The lowest BCUT2D eigenvalue weighted by molar-refractivity contribution is -0.139. The molecule has 0 fully saturated rings. The van der Waals surface area contributed by atoms with Crippen LogP contribution in [0.4, 0.5) is 0 Å². The van der Waals surface area contributed by atoms with Crippen LogP contribution in [0.25, 0.3) is 22.3 Å². The smallest absolute Gasteiger partial charge is 0.341 e. The molecule has 2 heterocycles. The van der Waals surface area contributed by atoms with Crippen molar-refractivity contribution in [3.8, 4) is 34.3 Å². The minimum Gasteiger partial charge on any atom is -0.491 e. The molecule has 1 aromatic heterocycles. The zero-order valence-corrected chi connectivity index (χ0v) is 23.2. The second-order valence-electron chi connectivity index (χ2n) is 9.67. The maximum absolute atomic E-state index is 13.5. The van der Waals surface area contributed by atoms with Crippen LogP contribution in [0.5, 0.6) is 23.0 Å². The first-order valence-electron chi connectivity index (χ1n) is 13.5. The zero-order valence-electron chi connectivity index (χ0n) is 23.2. The molecular formula is C32H27NO11. The summed E-state index contributed by atoms with van der Waals surface area (Å²) in [5.74, 6) is -2.79. The Morgan fingerprint density at radius 1 is 0.886 bits per heavy atom. The molecule has 1 aliphatic rings. The second kappa shape index (κ2) is 13.7. The normalized spacial score (nSPS) is 14.0. The number of esters is 2. The van der Waals surface area contributed by atoms with Gasteiger partial charge in [-0.15, -0.1) is 0 Å². The largest absolute Gasteiger partial charge is 0.491 e. The van der Waals surface area contributed by atoms with E-state index in [0.717, 1.165) is 17.7 Å². The number of aliphatic carboxylic acids is 1. The molecule has 4 aromatic rings. The van der Waals surface area contributed by atoms with E-state index in [9.17, 15) is 24.3 Å². The molecule has 0 aliphatic carbocycles. The summed E-state index contributed by atoms with van der Waals surface area (Å²) in [6, 6.07) is 18.4. The van der Waals surface area contributed by atoms with Crippen LogP contribution < -0.4 is 29.7 Å². The average molecular weight is 602 g/mol. The molecule has 3 N–H and O–H groups in total. The van der Waals surface area contributed by atoms with Gasteiger partial charge in [-0.25, -0.2) is 14.4 Å². The van der Waals surface area contributed by atoms with Crippen LogP contribution in [0.2, 0.25) is 0 Å². The second-order valence-corrected chi connectivity index (χ2v) is 9.67. The topological polar surface area (TPSA) is 171 Å². The highest BCUT2D eigenvalue weighted by atomic mass is 16.6. The molecule has 0 saturated carbocycles. The minimum atomic E-state index is -1.05. The van der Waals surface area contributed by atoms with E-state index in [2.05, 4.69) is 5.32 Å². The molecule has 0 saturated heterocycles. The summed E-state index contributed by atoms with van der Waals surface area (Å²) in [6.45, 7) is 0.219. The lowest BCUT2D eigenvalue weighted by Gasteiger charge is -2.16. The lowest BCUT2D eigenvalue weighted by atomic mass is 10.1. The van der Waals surface area contributed by atoms with Crippen molar-refractivity contribution in [3.05, 3.63) is 94.7 Å². The van der Waals surface area contributed by atoms with Gasteiger partial charge in [0.15, 0.2) is 12.4 Å². The van der Waals surface area contributed by atoms with Gasteiger partial charge in [-0.2, -0.15) is 0 Å². The van der Waals surface area contributed by atoms with E-state index in [4.69, 9.17) is 28.5 Å². The minimum absolute atomic E-state index is 0.00603. The van der Waals surface area contributed by atoms with E-state index >= 15 is 0 Å². The molecule has 1 unspecified atom stereocenters. The number of carbonyl (C=O) groups excluding carboxylic acids is 2. The Hall–Kier alpha value is -5.46. The van der Waals surface area contributed by atoms with Crippen LogP contribution in [0.3, 0.4) is 0 Å². The van der Waals surface area contributed by atoms with Gasteiger partial charge in [-0.3, -0.25) is 4.79 Å². The number of fused-ring (bicyclic) bond motifs is 1. The number of hydrogen-bond donors (Lipinski definition) is 3. The van der Waals surface area contributed by atoms with Crippen molar-refractivity contribution >= 4 is 28.9 Å². The van der Waals surface area contributed by atoms with Gasteiger partial charge in [-0.05, 0) is 30.7 Å². The maximum Gasteiger partial charge on any atom is 0.341 e. The standard InChI is InChI=1S/C32H27NO11/c34-21(16-33-13-12-19-6-8-22(9-7-19)41-18-26(35)36)17-40-23-14-24-29-25(15-23)43-31(20-4-2-1-3-5-20)32(30(29)39)44-28(38)11-10-27(37)42-24/h1-11,14-15,21,33-34H,12-13,16-18H2,(H,35,36)/b11-10-. The number of carbonyl (C=O) groups is 3. The number of aliphatic hydroxyl groups is 1. The number of carboxylic acid groups (broad SMARTS) is 1. The Morgan fingerprint density at radius 2 is 1.61 bits per heavy atom. The Balaban J connectivity index is 1.27. The lowest BCUT2D eigenvalue weighted by Crippen LogP contribution is -2.32. The molecule has 2 bridgehead atoms. The third-order valence-corrected chi connectivity index (χ3v) is 6.39. The molecule has 12 heteroatoms. The van der Waals surface area contributed by atoms with Gasteiger partial charge < -0.3 is 38.9 Å². The van der Waals surface area contributed by atoms with Gasteiger partial charge in [0.2, 0.25) is 11.2 Å². The molecule has 1 aliphatic heterocycles. The van der Waals surface area contributed by atoms with Crippen LogP contribution in [0.15, 0.2) is 88.1 Å². The predicted molar refractivity (Wildman–Crippen MR) is 156 cm³/mol. The molecule has 12 nitrogen and oxygen atoms in total. The van der Waals surface area contributed by atoms with Gasteiger partial charge in [0.05, 0.1) is 0 Å². The van der Waals surface area contributed by atoms with E-state index in [1.807, 2.05) is 12.1 Å². The third-order valence-electron chi connectivity index (χ3n) is 6.39. The molecule has 226 valence electrons. The summed E-state index contributed by atoms with van der Waals surface area (Å²) in [4.78, 5) is 48.7. The summed E-state index contributed by atoms with van der Waals surface area (Å²) < 4.78 is 27.6. The monoisotopic (exact) mass is 601 g/mol. The van der Waals surface area contributed by atoms with Gasteiger partial charge in [0.25, 0.3) is 0 Å². The van der Waals surface area contributed by atoms with Crippen molar-refractivity contribution in [2.45, 2.75) is 12.5 Å². The third kappa shape index (κ3) is 7.48. The summed E-state index contributed by atoms with van der Waals surface area (Å²) in [6.07, 6.45) is 1.47. The summed E-state index contributed by atoms with van der Waals surface area (Å²) in [5, 5.41) is 22.2. The van der Waals surface area contributed by atoms with E-state index in [-0.39, 0.29) is 47.1 Å². The van der Waals surface area contributed by atoms with Crippen LogP contribution >= 0.6 is 0 Å². The number of hydrogen-bond acceptors (Lipinski definition) is 11. The number of benzene rings is 3. The van der Waals surface area contributed by atoms with Gasteiger partial charge >= 0.3 is 17.9 Å². The fourth-order valence-electron chi connectivity index (χ4n) is 4.34. The predicted octanol–water partition coefficient (Wildman–Crippen LogP) is 2.88. The number of rotatable bonds is 12. The quantitative estimate of drug-likeness (QED) is 0.123. The highest BCUT2D eigenvalue weighted by molar-refractivity contribution is 5.98. The fourth-order valence-corrected chi connectivity index (χ4v) is 4.34. The van der Waals surface area contributed by atoms with Crippen molar-refractivity contribution < 1.29 is 48.0 Å². The van der Waals surface area contributed by atoms with E-state index in [1.54, 1.807) is 42.5 Å². The molecule has 44 heavy (non-hydrogen) atoms. The van der Waals surface area contributed by atoms with Crippen molar-refractivity contribution in [1.82, 2.24) is 5.32 Å². The van der Waals surface area contributed by atoms with E-state index in [1.165, 1.54) is 12.1 Å². The Kier molecular flexibility index (Phi) is 9.33. The highest BCUT2D eigenvalue weighted by Crippen LogP contribution is 2.37. The Labute approximate surface area is 250 Å². The van der Waals surface area contributed by atoms with Gasteiger partial charge in [0, 0.05) is 36.4 Å². The van der Waals surface area contributed by atoms with Crippen LogP contribution in [0, 0.1) is 0 Å². The van der Waals surface area contributed by atoms with Crippen molar-refractivity contribution in [2.75, 3.05) is 26.3 Å². The number of aliphatic hydroxyl groups excluding tert-OH is 1. The zero-order chi connectivity index (χ0) is 31.1. The average Bonchev–Trinajstić information content (AvgIpc) is 3.01. The number of ether oxygens (including phenoxy) is 4. The SMILES string of the molecule is O=C(O)COc1ccc(CCNCC(O)COc2cc3c4c(=O)c(c(-c5ccccc5)oc4c2)OC(=O)/C=C\C(=O)O3)cc1. The summed E-state index contributed by atoms with van der Waals surface area (Å²) in [5.41, 5.74) is 0.775. The molecule has 1 atom stereocenters. The molecule has 5 rings (SSSR count). The Bertz CT molecular complexity index is 1760. The van der Waals surface area contributed by atoms with Crippen LogP contribution in [-0.4, -0.2) is 60.5 Å². The molecular weight excluding hydrogens is 574 g/mol. The van der Waals surface area contributed by atoms with Crippen LogP contribution in [0.1, 0.15) is 5.56 Å². The molecule has 0 spiro atoms. The van der Waals surface area contributed by atoms with Crippen molar-refractivity contribution in [3.63, 3.8) is 0 Å². The van der Waals surface area contributed by atoms with Crippen molar-refractivity contribution in [1.29, 1.82) is 0 Å². The maximum atomic E-state index is 13.5. The van der Waals surface area contributed by atoms with Crippen molar-refractivity contribution in [2.24, 2.45) is 0 Å². The number of nitrogens with one attached hydrogen (secondary N) is 1. The van der Waals surface area contributed by atoms with Crippen LogP contribution in [-0.2, 0) is 20.8 Å². The first kappa shape index (κ1) is 30.0. The molecule has 0 amide bonds. The summed E-state index contributed by atoms with van der Waals surface area (Å²) in [7, 11) is 0. The summed E-state index contributed by atoms with van der Waals surface area (Å²) >= 11 is 0.